The molecule has 0 radical (unpaired) electrons. The van der Waals surface area contributed by atoms with Crippen LogP contribution in [-0.2, 0) is 14.3 Å². The van der Waals surface area contributed by atoms with Crippen LogP contribution < -0.4 is 21.7 Å². The number of amides is 4. The third kappa shape index (κ3) is 6.47. The number of carboxylic acids is 1. The summed E-state index contributed by atoms with van der Waals surface area (Å²) in [7, 11) is 0. The molecule has 2 aromatic carbocycles. The molecule has 2 aromatic rings. The van der Waals surface area contributed by atoms with E-state index in [4.69, 9.17) is 10.5 Å². The number of hydrogen-bond donors (Lipinski definition) is 5. The van der Waals surface area contributed by atoms with Gasteiger partial charge in [-0.05, 0) is 35.1 Å². The molecule has 180 valence electrons. The van der Waals surface area contributed by atoms with Crippen LogP contribution in [0.5, 0.6) is 0 Å². The van der Waals surface area contributed by atoms with E-state index < -0.39 is 30.0 Å². The minimum absolute atomic E-state index is 0.00191. The van der Waals surface area contributed by atoms with Gasteiger partial charge in [-0.25, -0.2) is 14.4 Å². The number of carboxylic acid groups (broad SMARTS) is 1. The van der Waals surface area contributed by atoms with Gasteiger partial charge < -0.3 is 31.5 Å². The van der Waals surface area contributed by atoms with Gasteiger partial charge in [0, 0.05) is 25.4 Å². The smallest absolute Gasteiger partial charge is 0.407 e. The first-order chi connectivity index (χ1) is 16.4. The molecule has 10 nitrogen and oxygen atoms in total. The number of aliphatic carboxylic acids is 1. The topological polar surface area (TPSA) is 160 Å². The van der Waals surface area contributed by atoms with Gasteiger partial charge in [0.15, 0.2) is 0 Å². The summed E-state index contributed by atoms with van der Waals surface area (Å²) in [4.78, 5) is 46.2. The van der Waals surface area contributed by atoms with Crippen molar-refractivity contribution in [3.05, 3.63) is 59.7 Å². The van der Waals surface area contributed by atoms with Crippen molar-refractivity contribution in [1.29, 1.82) is 0 Å². The number of fused-ring (bicyclic) bond motifs is 3. The average molecular weight is 469 g/mol. The highest BCUT2D eigenvalue weighted by atomic mass is 16.5. The van der Waals surface area contributed by atoms with Crippen molar-refractivity contribution >= 4 is 24.0 Å². The van der Waals surface area contributed by atoms with Crippen LogP contribution >= 0.6 is 0 Å². The molecule has 0 heterocycles. The third-order valence-corrected chi connectivity index (χ3v) is 5.57. The van der Waals surface area contributed by atoms with Crippen LogP contribution in [0.2, 0.25) is 0 Å². The Kier molecular flexibility index (Phi) is 8.44. The zero-order chi connectivity index (χ0) is 24.5. The first kappa shape index (κ1) is 24.6. The van der Waals surface area contributed by atoms with Crippen LogP contribution in [0.1, 0.15) is 36.3 Å². The van der Waals surface area contributed by atoms with Crippen LogP contribution in [0, 0.1) is 0 Å². The molecular formula is C24H28N4O6. The maximum absolute atomic E-state index is 12.2. The minimum atomic E-state index is -1.18. The number of benzene rings is 2. The van der Waals surface area contributed by atoms with Crippen molar-refractivity contribution in [2.24, 2.45) is 5.73 Å². The van der Waals surface area contributed by atoms with E-state index in [0.29, 0.717) is 6.42 Å². The highest BCUT2D eigenvalue weighted by molar-refractivity contribution is 5.84. The first-order valence-electron chi connectivity index (χ1n) is 11.0. The second-order valence-corrected chi connectivity index (χ2v) is 7.89. The summed E-state index contributed by atoms with van der Waals surface area (Å²) in [6.45, 7) is 0.364. The zero-order valence-corrected chi connectivity index (χ0v) is 18.6. The molecule has 1 aliphatic carbocycles. The monoisotopic (exact) mass is 468 g/mol. The van der Waals surface area contributed by atoms with Crippen LogP contribution in [0.25, 0.3) is 11.1 Å². The Morgan fingerprint density at radius 1 is 0.941 bits per heavy atom. The quantitative estimate of drug-likeness (QED) is 0.317. The van der Waals surface area contributed by atoms with E-state index in [0.717, 1.165) is 22.3 Å². The van der Waals surface area contributed by atoms with Crippen molar-refractivity contribution in [3.63, 3.8) is 0 Å². The Morgan fingerprint density at radius 2 is 1.56 bits per heavy atom. The summed E-state index contributed by atoms with van der Waals surface area (Å²) >= 11 is 0. The van der Waals surface area contributed by atoms with Gasteiger partial charge in [-0.2, -0.15) is 0 Å². The normalized spacial score (nSPS) is 12.7. The molecule has 0 bridgehead atoms. The lowest BCUT2D eigenvalue weighted by Crippen LogP contribution is -2.42. The molecule has 0 saturated heterocycles. The predicted octanol–water partition coefficient (Wildman–Crippen LogP) is 1.93. The number of rotatable bonds is 11. The summed E-state index contributed by atoms with van der Waals surface area (Å²) in [6, 6.07) is 14.2. The van der Waals surface area contributed by atoms with Gasteiger partial charge in [-0.3, -0.25) is 4.79 Å². The van der Waals surface area contributed by atoms with E-state index >= 15 is 0 Å². The SMILES string of the molecule is NC(=O)NCCC[C@@H](NC(=O)CCNC(=O)OCC1c2ccccc2-c2ccccc21)C(=O)O. The Labute approximate surface area is 196 Å². The van der Waals surface area contributed by atoms with Crippen molar-refractivity contribution < 1.29 is 29.0 Å². The highest BCUT2D eigenvalue weighted by Gasteiger charge is 2.29. The van der Waals surface area contributed by atoms with Gasteiger partial charge in [0.2, 0.25) is 5.91 Å². The Balaban J connectivity index is 1.41. The van der Waals surface area contributed by atoms with Crippen LogP contribution in [0.3, 0.4) is 0 Å². The number of ether oxygens (including phenoxy) is 1. The second kappa shape index (κ2) is 11.7. The summed E-state index contributed by atoms with van der Waals surface area (Å²) in [6.07, 6.45) is -0.297. The fraction of sp³-hybridized carbons (Fsp3) is 0.333. The first-order valence-corrected chi connectivity index (χ1v) is 11.0. The maximum atomic E-state index is 12.2. The van der Waals surface area contributed by atoms with Crippen LogP contribution in [-0.4, -0.2) is 54.8 Å². The molecule has 3 rings (SSSR count). The van der Waals surface area contributed by atoms with Gasteiger partial charge in [0.25, 0.3) is 0 Å². The van der Waals surface area contributed by atoms with Gasteiger partial charge in [0.1, 0.15) is 12.6 Å². The average Bonchev–Trinajstić information content (AvgIpc) is 3.13. The predicted molar refractivity (Wildman–Crippen MR) is 124 cm³/mol. The fourth-order valence-electron chi connectivity index (χ4n) is 3.97. The Hall–Kier alpha value is -4.08. The largest absolute Gasteiger partial charge is 0.480 e. The molecule has 0 aliphatic heterocycles. The lowest BCUT2D eigenvalue weighted by molar-refractivity contribution is -0.142. The van der Waals surface area contributed by atoms with E-state index in [-0.39, 0.29) is 38.5 Å². The molecule has 0 unspecified atom stereocenters. The molecule has 34 heavy (non-hydrogen) atoms. The number of nitrogens with one attached hydrogen (secondary N) is 3. The van der Waals surface area contributed by atoms with Crippen molar-refractivity contribution in [3.8, 4) is 11.1 Å². The maximum Gasteiger partial charge on any atom is 0.407 e. The highest BCUT2D eigenvalue weighted by Crippen LogP contribution is 2.44. The molecule has 10 heteroatoms. The summed E-state index contributed by atoms with van der Waals surface area (Å²) in [5.41, 5.74) is 9.40. The number of nitrogens with two attached hydrogens (primary N) is 1. The van der Waals surface area contributed by atoms with Crippen molar-refractivity contribution in [2.75, 3.05) is 19.7 Å². The molecule has 1 atom stereocenters. The molecule has 0 saturated carbocycles. The fourth-order valence-corrected chi connectivity index (χ4v) is 3.97. The van der Waals surface area contributed by atoms with Crippen LogP contribution in [0.15, 0.2) is 48.5 Å². The van der Waals surface area contributed by atoms with Gasteiger partial charge in [0.05, 0.1) is 0 Å². The summed E-state index contributed by atoms with van der Waals surface area (Å²) in [5.74, 6) is -1.77. The molecule has 0 fully saturated rings. The summed E-state index contributed by atoms with van der Waals surface area (Å²) < 4.78 is 5.41. The molecule has 6 N–H and O–H groups in total. The van der Waals surface area contributed by atoms with Gasteiger partial charge >= 0.3 is 18.1 Å². The Bertz CT molecular complexity index is 1010. The molecule has 0 aromatic heterocycles. The third-order valence-electron chi connectivity index (χ3n) is 5.57. The lowest BCUT2D eigenvalue weighted by Gasteiger charge is -2.16. The number of carbonyl (C=O) groups is 4. The second-order valence-electron chi connectivity index (χ2n) is 7.89. The van der Waals surface area contributed by atoms with Gasteiger partial charge in [-0.1, -0.05) is 48.5 Å². The van der Waals surface area contributed by atoms with E-state index in [1.807, 2.05) is 48.5 Å². The van der Waals surface area contributed by atoms with Crippen molar-refractivity contribution in [2.45, 2.75) is 31.2 Å². The zero-order valence-electron chi connectivity index (χ0n) is 18.6. The van der Waals surface area contributed by atoms with E-state index in [1.54, 1.807) is 0 Å². The number of hydrogen-bond acceptors (Lipinski definition) is 5. The molecule has 0 spiro atoms. The minimum Gasteiger partial charge on any atom is -0.480 e. The van der Waals surface area contributed by atoms with Crippen molar-refractivity contribution in [1.82, 2.24) is 16.0 Å². The Morgan fingerprint density at radius 3 is 2.15 bits per heavy atom. The van der Waals surface area contributed by atoms with E-state index in [1.165, 1.54) is 0 Å². The standard InChI is InChI=1S/C24H28N4O6/c25-23(32)26-12-5-10-20(22(30)31)28-21(29)11-13-27-24(33)34-14-19-17-8-3-1-6-15(17)16-7-2-4-9-18(16)19/h1-4,6-9,19-20H,5,10-14H2,(H,27,33)(H,28,29)(H,30,31)(H3,25,26,32)/t20-/m1/s1. The summed E-state index contributed by atoms with van der Waals surface area (Å²) in [5, 5.41) is 16.5. The van der Waals surface area contributed by atoms with E-state index in [2.05, 4.69) is 16.0 Å². The number of primary amides is 1. The number of urea groups is 1. The molecular weight excluding hydrogens is 440 g/mol. The number of alkyl carbamates (subject to hydrolysis) is 1. The lowest BCUT2D eigenvalue weighted by atomic mass is 9.98. The molecule has 4 amide bonds. The van der Waals surface area contributed by atoms with Gasteiger partial charge in [-0.15, -0.1) is 0 Å². The van der Waals surface area contributed by atoms with Crippen LogP contribution in [0.4, 0.5) is 9.59 Å². The van der Waals surface area contributed by atoms with E-state index in [9.17, 15) is 24.3 Å². The number of carbonyl (C=O) groups excluding carboxylic acids is 3. The molecule has 1 aliphatic rings.